The molecule has 0 spiro atoms. The lowest BCUT2D eigenvalue weighted by atomic mass is 9.86. The van der Waals surface area contributed by atoms with Gasteiger partial charge in [-0.25, -0.2) is 9.37 Å². The molecule has 4 nitrogen and oxygen atoms in total. The molecule has 7 heteroatoms. The number of nitrogens with two attached hydrogens (primary N) is 1. The van der Waals surface area contributed by atoms with Crippen LogP contribution in [0.1, 0.15) is 31.2 Å². The van der Waals surface area contributed by atoms with Crippen LogP contribution in [0, 0.1) is 11.7 Å². The molecule has 32 heavy (non-hydrogen) atoms. The maximum absolute atomic E-state index is 13.5. The minimum absolute atomic E-state index is 0.260. The molecule has 0 radical (unpaired) electrons. The molecule has 3 aromatic rings. The van der Waals surface area contributed by atoms with Gasteiger partial charge in [-0.05, 0) is 79.6 Å². The summed E-state index contributed by atoms with van der Waals surface area (Å²) >= 11 is 12.9. The predicted octanol–water partition coefficient (Wildman–Crippen LogP) is 6.74. The van der Waals surface area contributed by atoms with Crippen molar-refractivity contribution in [1.82, 2.24) is 4.98 Å². The van der Waals surface area contributed by atoms with Crippen molar-refractivity contribution in [1.29, 1.82) is 0 Å². The minimum atomic E-state index is -0.260. The summed E-state index contributed by atoms with van der Waals surface area (Å²) in [6.45, 7) is 1.23. The zero-order chi connectivity index (χ0) is 22.5. The van der Waals surface area contributed by atoms with Crippen LogP contribution in [-0.4, -0.2) is 17.6 Å². The SMILES string of the molecule is NC[C@H]1CC[C@H](Nc2cc(-c3ccc(Cl)c(NCc4cccc(F)c4)c3)c(Cl)cn2)CC1. The second-order valence-corrected chi connectivity index (χ2v) is 9.14. The van der Waals surface area contributed by atoms with Crippen LogP contribution in [0.2, 0.25) is 10.0 Å². The van der Waals surface area contributed by atoms with Crippen LogP contribution < -0.4 is 16.4 Å². The molecule has 0 amide bonds. The predicted molar refractivity (Wildman–Crippen MR) is 132 cm³/mol. The first-order valence-electron chi connectivity index (χ1n) is 10.9. The Kier molecular flexibility index (Phi) is 7.51. The molecule has 0 unspecified atom stereocenters. The van der Waals surface area contributed by atoms with E-state index in [1.807, 2.05) is 30.3 Å². The lowest BCUT2D eigenvalue weighted by molar-refractivity contribution is 0.344. The Hall–Kier alpha value is -2.34. The third-order valence-electron chi connectivity index (χ3n) is 6.04. The van der Waals surface area contributed by atoms with Gasteiger partial charge in [0.1, 0.15) is 11.6 Å². The van der Waals surface area contributed by atoms with Gasteiger partial charge >= 0.3 is 0 Å². The molecule has 1 aromatic heterocycles. The van der Waals surface area contributed by atoms with Gasteiger partial charge < -0.3 is 16.4 Å². The smallest absolute Gasteiger partial charge is 0.126 e. The van der Waals surface area contributed by atoms with Crippen molar-refractivity contribution in [3.05, 3.63) is 76.2 Å². The molecule has 1 aliphatic rings. The van der Waals surface area contributed by atoms with E-state index in [-0.39, 0.29) is 5.82 Å². The highest BCUT2D eigenvalue weighted by molar-refractivity contribution is 6.34. The van der Waals surface area contributed by atoms with Gasteiger partial charge in [-0.2, -0.15) is 0 Å². The Labute approximate surface area is 198 Å². The van der Waals surface area contributed by atoms with Gasteiger partial charge in [-0.1, -0.05) is 41.4 Å². The number of hydrogen-bond acceptors (Lipinski definition) is 4. The van der Waals surface area contributed by atoms with Crippen LogP contribution in [0.15, 0.2) is 54.7 Å². The van der Waals surface area contributed by atoms with Gasteiger partial charge in [0.2, 0.25) is 0 Å². The second kappa shape index (κ2) is 10.5. The van der Waals surface area contributed by atoms with E-state index in [1.165, 1.54) is 12.1 Å². The maximum Gasteiger partial charge on any atom is 0.126 e. The normalized spacial score (nSPS) is 18.4. The number of aromatic nitrogens is 1. The highest BCUT2D eigenvalue weighted by Gasteiger charge is 2.20. The minimum Gasteiger partial charge on any atom is -0.380 e. The molecule has 168 valence electrons. The first kappa shape index (κ1) is 22.8. The number of rotatable bonds is 7. The summed E-state index contributed by atoms with van der Waals surface area (Å²) in [6.07, 6.45) is 6.16. The fourth-order valence-corrected chi connectivity index (χ4v) is 4.56. The van der Waals surface area contributed by atoms with E-state index in [2.05, 4.69) is 15.6 Å². The Morgan fingerprint density at radius 1 is 1.00 bits per heavy atom. The van der Waals surface area contributed by atoms with E-state index in [9.17, 15) is 4.39 Å². The lowest BCUT2D eigenvalue weighted by Gasteiger charge is -2.28. The largest absolute Gasteiger partial charge is 0.380 e. The highest BCUT2D eigenvalue weighted by Crippen LogP contribution is 2.35. The third-order valence-corrected chi connectivity index (χ3v) is 6.67. The summed E-state index contributed by atoms with van der Waals surface area (Å²) in [4.78, 5) is 4.48. The summed E-state index contributed by atoms with van der Waals surface area (Å²) in [5.41, 5.74) is 9.21. The number of halogens is 3. The Morgan fingerprint density at radius 2 is 1.81 bits per heavy atom. The van der Waals surface area contributed by atoms with Crippen LogP contribution in [-0.2, 0) is 6.54 Å². The summed E-state index contributed by atoms with van der Waals surface area (Å²) in [5.74, 6) is 1.18. The van der Waals surface area contributed by atoms with Gasteiger partial charge in [0.05, 0.1) is 15.7 Å². The van der Waals surface area contributed by atoms with Crippen molar-refractivity contribution in [2.75, 3.05) is 17.2 Å². The van der Waals surface area contributed by atoms with Crippen molar-refractivity contribution in [3.8, 4) is 11.1 Å². The first-order valence-corrected chi connectivity index (χ1v) is 11.7. The molecule has 1 saturated carbocycles. The van der Waals surface area contributed by atoms with Crippen molar-refractivity contribution in [2.45, 2.75) is 38.3 Å². The molecule has 2 aromatic carbocycles. The second-order valence-electron chi connectivity index (χ2n) is 8.33. The molecular formula is C25H27Cl2FN4. The van der Waals surface area contributed by atoms with Crippen molar-refractivity contribution >= 4 is 34.7 Å². The monoisotopic (exact) mass is 472 g/mol. The topological polar surface area (TPSA) is 63.0 Å². The van der Waals surface area contributed by atoms with E-state index in [1.54, 1.807) is 12.3 Å². The molecule has 1 fully saturated rings. The van der Waals surface area contributed by atoms with Crippen LogP contribution in [0.3, 0.4) is 0 Å². The van der Waals surface area contributed by atoms with Crippen LogP contribution in [0.25, 0.3) is 11.1 Å². The number of nitrogens with zero attached hydrogens (tertiary/aromatic N) is 1. The van der Waals surface area contributed by atoms with Crippen LogP contribution in [0.5, 0.6) is 0 Å². The fraction of sp³-hybridized carbons (Fsp3) is 0.320. The van der Waals surface area contributed by atoms with Crippen molar-refractivity contribution in [3.63, 3.8) is 0 Å². The fourth-order valence-electron chi connectivity index (χ4n) is 4.16. The van der Waals surface area contributed by atoms with E-state index in [0.29, 0.717) is 28.5 Å². The third kappa shape index (κ3) is 5.71. The lowest BCUT2D eigenvalue weighted by Crippen LogP contribution is -2.29. The molecule has 0 bridgehead atoms. The Bertz CT molecular complexity index is 1070. The molecule has 0 saturated heterocycles. The number of anilines is 2. The van der Waals surface area contributed by atoms with E-state index in [0.717, 1.165) is 60.4 Å². The van der Waals surface area contributed by atoms with E-state index < -0.39 is 0 Å². The average molecular weight is 473 g/mol. The summed E-state index contributed by atoms with van der Waals surface area (Å²) in [6, 6.07) is 14.6. The zero-order valence-corrected chi connectivity index (χ0v) is 19.3. The molecular weight excluding hydrogens is 446 g/mol. The molecule has 1 heterocycles. The van der Waals surface area contributed by atoms with Gasteiger partial charge in [-0.15, -0.1) is 0 Å². The first-order chi connectivity index (χ1) is 15.5. The van der Waals surface area contributed by atoms with Crippen molar-refractivity contribution in [2.24, 2.45) is 11.7 Å². The summed E-state index contributed by atoms with van der Waals surface area (Å²) in [5, 5.41) is 8.00. The molecule has 1 aliphatic carbocycles. The number of nitrogens with one attached hydrogen (secondary N) is 2. The highest BCUT2D eigenvalue weighted by atomic mass is 35.5. The number of hydrogen-bond donors (Lipinski definition) is 3. The van der Waals surface area contributed by atoms with Crippen LogP contribution in [0.4, 0.5) is 15.9 Å². The summed E-state index contributed by atoms with van der Waals surface area (Å²) < 4.78 is 13.5. The number of pyridine rings is 1. The van der Waals surface area contributed by atoms with Gasteiger partial charge in [0.25, 0.3) is 0 Å². The average Bonchev–Trinajstić information content (AvgIpc) is 2.80. The summed E-state index contributed by atoms with van der Waals surface area (Å²) in [7, 11) is 0. The maximum atomic E-state index is 13.5. The molecule has 0 atom stereocenters. The Morgan fingerprint density at radius 3 is 2.56 bits per heavy atom. The quantitative estimate of drug-likeness (QED) is 0.356. The van der Waals surface area contributed by atoms with Crippen molar-refractivity contribution < 1.29 is 4.39 Å². The van der Waals surface area contributed by atoms with Gasteiger partial charge in [0.15, 0.2) is 0 Å². The standard InChI is InChI=1S/C25H27Cl2FN4/c26-22-9-6-18(11-24(22)30-14-17-2-1-3-19(28)10-17)21-12-25(31-15-23(21)27)32-20-7-4-16(13-29)5-8-20/h1-3,6,9-12,15-16,20,30H,4-5,7-8,13-14,29H2,(H,31,32)/t16-,20-. The Balaban J connectivity index is 1.50. The van der Waals surface area contributed by atoms with Crippen LogP contribution >= 0.6 is 23.2 Å². The number of benzene rings is 2. The van der Waals surface area contributed by atoms with Gasteiger partial charge in [-0.3, -0.25) is 0 Å². The van der Waals surface area contributed by atoms with E-state index >= 15 is 0 Å². The molecule has 4 rings (SSSR count). The van der Waals surface area contributed by atoms with Gasteiger partial charge in [0, 0.05) is 24.3 Å². The molecule has 4 N–H and O–H groups in total. The molecule has 0 aliphatic heterocycles. The zero-order valence-electron chi connectivity index (χ0n) is 17.8. The van der Waals surface area contributed by atoms with E-state index in [4.69, 9.17) is 28.9 Å².